The average Bonchev–Trinajstić information content (AvgIpc) is 2.76. The quantitative estimate of drug-likeness (QED) is 0.731. The predicted molar refractivity (Wildman–Crippen MR) is 83.3 cm³/mol. The summed E-state index contributed by atoms with van der Waals surface area (Å²) in [6.07, 6.45) is 11.3. The lowest BCUT2D eigenvalue weighted by Crippen LogP contribution is -2.06. The van der Waals surface area contributed by atoms with Gasteiger partial charge in [0, 0.05) is 23.2 Å². The topological polar surface area (TPSA) is 4.93 Å². The first kappa shape index (κ1) is 12.4. The molecule has 0 saturated carbocycles. The Hall–Kier alpha value is -1.59. The van der Waals surface area contributed by atoms with E-state index in [1.807, 2.05) is 11.8 Å². The first-order valence-electron chi connectivity index (χ1n) is 6.66. The summed E-state index contributed by atoms with van der Waals surface area (Å²) in [5, 5.41) is 3.15. The molecule has 1 aromatic heterocycles. The number of aryl methyl sites for hydroxylation is 1. The molecule has 0 radical (unpaired) electrons. The first-order chi connectivity index (χ1) is 9.28. The molecule has 0 fully saturated rings. The number of benzene rings is 1. The zero-order valence-corrected chi connectivity index (χ0v) is 11.9. The molecule has 1 unspecified atom stereocenters. The van der Waals surface area contributed by atoms with Crippen molar-refractivity contribution >= 4 is 22.7 Å². The van der Waals surface area contributed by atoms with E-state index in [-0.39, 0.29) is 0 Å². The second kappa shape index (κ2) is 5.19. The monoisotopic (exact) mass is 267 g/mol. The number of fused-ring (bicyclic) bond motifs is 1. The summed E-state index contributed by atoms with van der Waals surface area (Å²) in [5.74, 6) is 2.80. The molecule has 0 bridgehead atoms. The van der Waals surface area contributed by atoms with Crippen molar-refractivity contribution in [1.29, 1.82) is 0 Å². The van der Waals surface area contributed by atoms with E-state index in [2.05, 4.69) is 53.9 Å². The fraction of sp³-hybridized carbons (Fsp3) is 0.294. The van der Waals surface area contributed by atoms with Gasteiger partial charge in [-0.05, 0) is 37.0 Å². The van der Waals surface area contributed by atoms with E-state index >= 15 is 0 Å². The van der Waals surface area contributed by atoms with Crippen LogP contribution in [0.2, 0.25) is 0 Å². The van der Waals surface area contributed by atoms with Gasteiger partial charge in [0.15, 0.2) is 0 Å². The van der Waals surface area contributed by atoms with Gasteiger partial charge in [-0.25, -0.2) is 0 Å². The van der Waals surface area contributed by atoms with Crippen molar-refractivity contribution in [2.24, 2.45) is 7.05 Å². The van der Waals surface area contributed by atoms with Crippen LogP contribution >= 0.6 is 11.8 Å². The van der Waals surface area contributed by atoms with Crippen molar-refractivity contribution < 1.29 is 0 Å². The molecule has 1 aromatic carbocycles. The number of thioether (sulfide) groups is 1. The lowest BCUT2D eigenvalue weighted by Gasteiger charge is -2.18. The molecule has 1 atom stereocenters. The standard InChI is InChI=1S/C17H17NS/c1-3-13-7-6-9-15(11-13)19-17-12-14-8-4-5-10-16(14)18(17)2/h1,4-5,8,10-12,15H,6-7,9H2,2H3. The molecule has 2 heteroatoms. The van der Waals surface area contributed by atoms with Gasteiger partial charge in [0.25, 0.3) is 0 Å². The lowest BCUT2D eigenvalue weighted by atomic mass is 10.00. The van der Waals surface area contributed by atoms with E-state index in [1.54, 1.807) is 0 Å². The molecule has 1 heterocycles. The smallest absolute Gasteiger partial charge is 0.0762 e. The van der Waals surface area contributed by atoms with E-state index in [1.165, 1.54) is 34.3 Å². The maximum Gasteiger partial charge on any atom is 0.0762 e. The molecule has 0 N–H and O–H groups in total. The number of allylic oxidation sites excluding steroid dienone is 1. The summed E-state index contributed by atoms with van der Waals surface area (Å²) in [7, 11) is 2.14. The summed E-state index contributed by atoms with van der Waals surface area (Å²) in [6, 6.07) is 10.8. The maximum absolute atomic E-state index is 5.52. The van der Waals surface area contributed by atoms with E-state index in [0.717, 1.165) is 6.42 Å². The molecule has 0 saturated heterocycles. The molecule has 0 aliphatic heterocycles. The van der Waals surface area contributed by atoms with Crippen molar-refractivity contribution in [3.05, 3.63) is 42.0 Å². The largest absolute Gasteiger partial charge is 0.339 e. The maximum atomic E-state index is 5.52. The van der Waals surface area contributed by atoms with Crippen molar-refractivity contribution in [3.8, 4) is 12.3 Å². The Bertz CT molecular complexity index is 672. The molecule has 2 aromatic rings. The molecule has 1 aliphatic carbocycles. The molecule has 0 amide bonds. The third-order valence-electron chi connectivity index (χ3n) is 3.69. The third-order valence-corrected chi connectivity index (χ3v) is 4.99. The van der Waals surface area contributed by atoms with Gasteiger partial charge in [-0.1, -0.05) is 30.2 Å². The second-order valence-corrected chi connectivity index (χ2v) is 6.24. The van der Waals surface area contributed by atoms with Gasteiger partial charge in [0.1, 0.15) is 0 Å². The Balaban J connectivity index is 1.90. The highest BCUT2D eigenvalue weighted by atomic mass is 32.2. The number of hydrogen-bond donors (Lipinski definition) is 0. The predicted octanol–water partition coefficient (Wildman–Crippen LogP) is 4.38. The number of terminal acetylenes is 1. The van der Waals surface area contributed by atoms with Gasteiger partial charge in [-0.15, -0.1) is 18.2 Å². The number of nitrogens with zero attached hydrogens (tertiary/aromatic N) is 1. The summed E-state index contributed by atoms with van der Waals surface area (Å²) in [4.78, 5) is 0. The van der Waals surface area contributed by atoms with Crippen LogP contribution in [0.25, 0.3) is 10.9 Å². The van der Waals surface area contributed by atoms with E-state index in [9.17, 15) is 0 Å². The number of aromatic nitrogens is 1. The highest BCUT2D eigenvalue weighted by Crippen LogP contribution is 2.34. The summed E-state index contributed by atoms with van der Waals surface area (Å²) < 4.78 is 2.28. The average molecular weight is 267 g/mol. The van der Waals surface area contributed by atoms with Gasteiger partial charge in [0.2, 0.25) is 0 Å². The normalized spacial score (nSPS) is 19.2. The van der Waals surface area contributed by atoms with Crippen molar-refractivity contribution in [2.75, 3.05) is 0 Å². The zero-order valence-electron chi connectivity index (χ0n) is 11.1. The van der Waals surface area contributed by atoms with Crippen LogP contribution < -0.4 is 0 Å². The fourth-order valence-corrected chi connectivity index (χ4v) is 3.91. The summed E-state index contributed by atoms with van der Waals surface area (Å²) in [6.45, 7) is 0. The molecule has 96 valence electrons. The molecule has 1 nitrogen and oxygen atoms in total. The van der Waals surface area contributed by atoms with Gasteiger partial charge >= 0.3 is 0 Å². The van der Waals surface area contributed by atoms with Crippen LogP contribution in [-0.4, -0.2) is 9.82 Å². The van der Waals surface area contributed by atoms with Gasteiger partial charge in [-0.2, -0.15) is 0 Å². The van der Waals surface area contributed by atoms with Crippen molar-refractivity contribution in [1.82, 2.24) is 4.57 Å². The molecular weight excluding hydrogens is 250 g/mol. The van der Waals surface area contributed by atoms with Crippen LogP contribution in [-0.2, 0) is 7.05 Å². The Labute approximate surface area is 118 Å². The minimum Gasteiger partial charge on any atom is -0.339 e. The highest BCUT2D eigenvalue weighted by Gasteiger charge is 2.16. The van der Waals surface area contributed by atoms with E-state index < -0.39 is 0 Å². The van der Waals surface area contributed by atoms with Crippen LogP contribution in [0.15, 0.2) is 47.0 Å². The van der Waals surface area contributed by atoms with Gasteiger partial charge < -0.3 is 4.57 Å². The fourth-order valence-electron chi connectivity index (χ4n) is 2.63. The van der Waals surface area contributed by atoms with Gasteiger partial charge in [0.05, 0.1) is 5.03 Å². The Morgan fingerprint density at radius 1 is 1.37 bits per heavy atom. The van der Waals surface area contributed by atoms with Crippen LogP contribution in [0, 0.1) is 12.3 Å². The van der Waals surface area contributed by atoms with Crippen LogP contribution in [0.1, 0.15) is 19.3 Å². The minimum atomic E-state index is 0.516. The number of hydrogen-bond acceptors (Lipinski definition) is 1. The molecule has 19 heavy (non-hydrogen) atoms. The first-order valence-corrected chi connectivity index (χ1v) is 7.54. The summed E-state index contributed by atoms with van der Waals surface area (Å²) in [5.41, 5.74) is 2.46. The van der Waals surface area contributed by atoms with Crippen molar-refractivity contribution in [2.45, 2.75) is 29.5 Å². The lowest BCUT2D eigenvalue weighted by molar-refractivity contribution is 0.723. The Kier molecular flexibility index (Phi) is 3.40. The zero-order chi connectivity index (χ0) is 13.2. The van der Waals surface area contributed by atoms with E-state index in [4.69, 9.17) is 6.42 Å². The molecule has 1 aliphatic rings. The number of para-hydroxylation sites is 1. The number of rotatable bonds is 2. The van der Waals surface area contributed by atoms with Crippen LogP contribution in [0.3, 0.4) is 0 Å². The van der Waals surface area contributed by atoms with Crippen LogP contribution in [0.4, 0.5) is 0 Å². The van der Waals surface area contributed by atoms with E-state index in [0.29, 0.717) is 5.25 Å². The minimum absolute atomic E-state index is 0.516. The second-order valence-electron chi connectivity index (χ2n) is 4.99. The molecule has 3 rings (SSSR count). The highest BCUT2D eigenvalue weighted by molar-refractivity contribution is 8.00. The van der Waals surface area contributed by atoms with Crippen molar-refractivity contribution in [3.63, 3.8) is 0 Å². The third kappa shape index (κ3) is 2.43. The SMILES string of the molecule is C#CC1=CC(Sc2cc3ccccc3n2C)CCC1. The molecular formula is C17H17NS. The summed E-state index contributed by atoms with van der Waals surface area (Å²) >= 11 is 1.93. The van der Waals surface area contributed by atoms with Crippen LogP contribution in [0.5, 0.6) is 0 Å². The Morgan fingerprint density at radius 3 is 3.00 bits per heavy atom. The van der Waals surface area contributed by atoms with Gasteiger partial charge in [-0.3, -0.25) is 0 Å². The Morgan fingerprint density at radius 2 is 2.21 bits per heavy atom. The molecule has 0 spiro atoms.